The number of anilines is 2. The van der Waals surface area contributed by atoms with E-state index in [1.54, 1.807) is 36.5 Å². The average Bonchev–Trinajstić information content (AvgIpc) is 2.87. The summed E-state index contributed by atoms with van der Waals surface area (Å²) in [7, 11) is 1.52. The maximum absolute atomic E-state index is 13.6. The molecule has 4 rings (SSSR count). The second-order valence-corrected chi connectivity index (χ2v) is 8.36. The monoisotopic (exact) mass is 500 g/mol. The summed E-state index contributed by atoms with van der Waals surface area (Å²) in [6.45, 7) is 3.76. The summed E-state index contributed by atoms with van der Waals surface area (Å²) < 4.78 is 45.9. The van der Waals surface area contributed by atoms with Crippen LogP contribution in [-0.2, 0) is 19.3 Å². The van der Waals surface area contributed by atoms with Crippen molar-refractivity contribution in [2.24, 2.45) is 0 Å². The smallest absolute Gasteiger partial charge is 0.416 e. The Morgan fingerprint density at radius 3 is 2.64 bits per heavy atom. The van der Waals surface area contributed by atoms with Gasteiger partial charge in [-0.1, -0.05) is 0 Å². The SMILES string of the molecule is COc1cc(CNc2ncccc2C(=O)Nc2cc(CN3CCNCC3)cc(C(F)(F)F)c2)ccn1. The molecule has 0 spiro atoms. The van der Waals surface area contributed by atoms with Gasteiger partial charge in [-0.15, -0.1) is 0 Å². The normalized spacial score (nSPS) is 14.3. The molecule has 0 unspecified atom stereocenters. The fraction of sp³-hybridized carbons (Fsp3) is 0.320. The zero-order chi connectivity index (χ0) is 25.5. The lowest BCUT2D eigenvalue weighted by Crippen LogP contribution is -2.42. The summed E-state index contributed by atoms with van der Waals surface area (Å²) in [6.07, 6.45) is -1.40. The molecule has 1 aliphatic rings. The lowest BCUT2D eigenvalue weighted by molar-refractivity contribution is -0.137. The standard InChI is InChI=1S/C25H27F3N6O2/c1-36-22-13-17(4-6-30-22)15-32-23-21(3-2-5-31-23)24(35)33-20-12-18(11-19(14-20)25(26,27)28)16-34-9-7-29-8-10-34/h2-6,11-14,29H,7-10,15-16H2,1H3,(H,31,32)(H,33,35). The highest BCUT2D eigenvalue weighted by atomic mass is 19.4. The molecule has 1 aromatic carbocycles. The molecule has 8 nitrogen and oxygen atoms in total. The molecule has 1 saturated heterocycles. The van der Waals surface area contributed by atoms with Gasteiger partial charge in [-0.3, -0.25) is 9.69 Å². The van der Waals surface area contributed by atoms with Crippen LogP contribution in [0.4, 0.5) is 24.7 Å². The molecule has 0 radical (unpaired) electrons. The Balaban J connectivity index is 1.52. The second kappa shape index (κ2) is 11.4. The molecule has 0 bridgehead atoms. The number of hydrogen-bond acceptors (Lipinski definition) is 7. The van der Waals surface area contributed by atoms with Crippen LogP contribution in [0.25, 0.3) is 0 Å². The van der Waals surface area contributed by atoms with Crippen molar-refractivity contribution in [2.45, 2.75) is 19.3 Å². The van der Waals surface area contributed by atoms with Gasteiger partial charge in [0, 0.05) is 63.4 Å². The van der Waals surface area contributed by atoms with Crippen molar-refractivity contribution in [3.8, 4) is 5.88 Å². The first-order chi connectivity index (χ1) is 17.3. The zero-order valence-corrected chi connectivity index (χ0v) is 19.7. The minimum atomic E-state index is -4.54. The van der Waals surface area contributed by atoms with E-state index in [4.69, 9.17) is 4.74 Å². The Bertz CT molecular complexity index is 1200. The van der Waals surface area contributed by atoms with Gasteiger partial charge in [-0.2, -0.15) is 13.2 Å². The first-order valence-electron chi connectivity index (χ1n) is 11.5. The van der Waals surface area contributed by atoms with Crippen LogP contribution >= 0.6 is 0 Å². The van der Waals surface area contributed by atoms with Crippen LogP contribution in [-0.4, -0.2) is 54.1 Å². The van der Waals surface area contributed by atoms with Gasteiger partial charge in [-0.25, -0.2) is 9.97 Å². The maximum atomic E-state index is 13.6. The molecule has 0 aliphatic carbocycles. The molecule has 1 fully saturated rings. The number of methoxy groups -OCH3 is 1. The fourth-order valence-corrected chi connectivity index (χ4v) is 3.93. The zero-order valence-electron chi connectivity index (χ0n) is 19.7. The molecule has 1 amide bonds. The van der Waals surface area contributed by atoms with Crippen LogP contribution in [0.5, 0.6) is 5.88 Å². The Hall–Kier alpha value is -3.70. The lowest BCUT2D eigenvalue weighted by atomic mass is 10.1. The molecule has 1 aliphatic heterocycles. The largest absolute Gasteiger partial charge is 0.481 e. The number of pyridine rings is 2. The van der Waals surface area contributed by atoms with E-state index < -0.39 is 17.6 Å². The van der Waals surface area contributed by atoms with Gasteiger partial charge in [-0.05, 0) is 47.5 Å². The molecule has 190 valence electrons. The number of ether oxygens (including phenoxy) is 1. The Morgan fingerprint density at radius 2 is 1.89 bits per heavy atom. The number of halogens is 3. The number of nitrogens with one attached hydrogen (secondary N) is 3. The highest BCUT2D eigenvalue weighted by Crippen LogP contribution is 2.32. The van der Waals surface area contributed by atoms with E-state index in [-0.39, 0.29) is 11.3 Å². The summed E-state index contributed by atoms with van der Waals surface area (Å²) in [5.41, 5.74) is 0.822. The van der Waals surface area contributed by atoms with Crippen LogP contribution in [0.2, 0.25) is 0 Å². The van der Waals surface area contributed by atoms with Gasteiger partial charge in [0.1, 0.15) is 5.82 Å². The average molecular weight is 501 g/mol. The lowest BCUT2D eigenvalue weighted by Gasteiger charge is -2.27. The van der Waals surface area contributed by atoms with Crippen LogP contribution in [0.15, 0.2) is 54.9 Å². The van der Waals surface area contributed by atoms with Gasteiger partial charge in [0.15, 0.2) is 0 Å². The van der Waals surface area contributed by atoms with Crippen LogP contribution in [0, 0.1) is 0 Å². The number of alkyl halides is 3. The third kappa shape index (κ3) is 6.70. The summed E-state index contributed by atoms with van der Waals surface area (Å²) in [6, 6.07) is 10.4. The predicted molar refractivity (Wildman–Crippen MR) is 130 cm³/mol. The quantitative estimate of drug-likeness (QED) is 0.434. The Morgan fingerprint density at radius 1 is 1.08 bits per heavy atom. The second-order valence-electron chi connectivity index (χ2n) is 8.36. The number of piperazine rings is 1. The summed E-state index contributed by atoms with van der Waals surface area (Å²) in [5.74, 6) is 0.193. The highest BCUT2D eigenvalue weighted by Gasteiger charge is 2.31. The maximum Gasteiger partial charge on any atom is 0.416 e. The van der Waals surface area contributed by atoms with Gasteiger partial charge in [0.05, 0.1) is 18.2 Å². The molecule has 2 aromatic heterocycles. The molecule has 3 N–H and O–H groups in total. The number of carbonyl (C=O) groups is 1. The van der Waals surface area contributed by atoms with Crippen molar-refractivity contribution in [2.75, 3.05) is 43.9 Å². The van der Waals surface area contributed by atoms with Crippen LogP contribution in [0.1, 0.15) is 27.0 Å². The number of rotatable bonds is 8. The number of amides is 1. The van der Waals surface area contributed by atoms with Gasteiger partial charge >= 0.3 is 6.18 Å². The third-order valence-corrected chi connectivity index (χ3v) is 5.71. The van der Waals surface area contributed by atoms with E-state index in [1.165, 1.54) is 13.3 Å². The summed E-state index contributed by atoms with van der Waals surface area (Å²) >= 11 is 0. The number of aromatic nitrogens is 2. The minimum absolute atomic E-state index is 0.0774. The number of nitrogens with zero attached hydrogens (tertiary/aromatic N) is 3. The fourth-order valence-electron chi connectivity index (χ4n) is 3.93. The Kier molecular flexibility index (Phi) is 8.01. The van der Waals surface area contributed by atoms with Crippen molar-refractivity contribution in [3.63, 3.8) is 0 Å². The first kappa shape index (κ1) is 25.4. The number of benzene rings is 1. The molecular weight excluding hydrogens is 473 g/mol. The van der Waals surface area contributed by atoms with E-state index in [1.807, 2.05) is 0 Å². The van der Waals surface area contributed by atoms with Crippen molar-refractivity contribution in [3.05, 3.63) is 77.1 Å². The Labute approximate surface area is 206 Å². The van der Waals surface area contributed by atoms with Crippen LogP contribution in [0.3, 0.4) is 0 Å². The first-order valence-corrected chi connectivity index (χ1v) is 11.5. The van der Waals surface area contributed by atoms with E-state index in [2.05, 4.69) is 30.8 Å². The minimum Gasteiger partial charge on any atom is -0.481 e. The molecule has 3 aromatic rings. The molecule has 0 saturated carbocycles. The molecular formula is C25H27F3N6O2. The van der Waals surface area contributed by atoms with E-state index in [9.17, 15) is 18.0 Å². The van der Waals surface area contributed by atoms with Crippen molar-refractivity contribution >= 4 is 17.4 Å². The van der Waals surface area contributed by atoms with E-state index in [0.29, 0.717) is 30.4 Å². The number of hydrogen-bond donors (Lipinski definition) is 3. The van der Waals surface area contributed by atoms with Crippen molar-refractivity contribution in [1.82, 2.24) is 20.2 Å². The van der Waals surface area contributed by atoms with Gasteiger partial charge in [0.25, 0.3) is 5.91 Å². The highest BCUT2D eigenvalue weighted by molar-refractivity contribution is 6.07. The molecule has 11 heteroatoms. The molecule has 3 heterocycles. The van der Waals surface area contributed by atoms with Gasteiger partial charge < -0.3 is 20.7 Å². The summed E-state index contributed by atoms with van der Waals surface area (Å²) in [4.78, 5) is 23.5. The van der Waals surface area contributed by atoms with Crippen molar-refractivity contribution < 1.29 is 22.7 Å². The molecule has 36 heavy (non-hydrogen) atoms. The van der Waals surface area contributed by atoms with Crippen molar-refractivity contribution in [1.29, 1.82) is 0 Å². The van der Waals surface area contributed by atoms with E-state index in [0.717, 1.165) is 43.9 Å². The van der Waals surface area contributed by atoms with Gasteiger partial charge in [0.2, 0.25) is 5.88 Å². The van der Waals surface area contributed by atoms with E-state index >= 15 is 0 Å². The molecule has 0 atom stereocenters. The topological polar surface area (TPSA) is 91.4 Å². The van der Waals surface area contributed by atoms with Crippen LogP contribution < -0.4 is 20.7 Å². The summed E-state index contributed by atoms with van der Waals surface area (Å²) in [5, 5.41) is 8.95. The predicted octanol–water partition coefficient (Wildman–Crippen LogP) is 3.77. The third-order valence-electron chi connectivity index (χ3n) is 5.71. The number of carbonyl (C=O) groups excluding carboxylic acids is 1.